The molecule has 0 radical (unpaired) electrons. The number of aromatic nitrogens is 1. The molecule has 1 aromatic heterocycles. The third-order valence-corrected chi connectivity index (χ3v) is 4.80. The molecule has 0 unspecified atom stereocenters. The average molecular weight is 345 g/mol. The molecule has 22 heavy (non-hydrogen) atoms. The summed E-state index contributed by atoms with van der Waals surface area (Å²) in [6.45, 7) is 0. The highest BCUT2D eigenvalue weighted by atomic mass is 35.5. The molecular weight excluding hydrogens is 336 g/mol. The van der Waals surface area contributed by atoms with E-state index in [9.17, 15) is 18.0 Å². The number of hydrogen-bond acceptors (Lipinski definition) is 7. The first-order chi connectivity index (χ1) is 10.3. The van der Waals surface area contributed by atoms with Crippen LogP contribution in [-0.4, -0.2) is 32.6 Å². The molecule has 2 aromatic rings. The fourth-order valence-corrected chi connectivity index (χ4v) is 3.51. The number of benzene rings is 1. The summed E-state index contributed by atoms with van der Waals surface area (Å²) in [6, 6.07) is 4.77. The first kappa shape index (κ1) is 16.0. The minimum Gasteiger partial charge on any atom is -0.465 e. The van der Waals surface area contributed by atoms with Crippen LogP contribution in [0.1, 0.15) is 20.9 Å². The van der Waals surface area contributed by atoms with Crippen LogP contribution in [0, 0.1) is 0 Å². The van der Waals surface area contributed by atoms with E-state index in [1.165, 1.54) is 18.2 Å². The summed E-state index contributed by atoms with van der Waals surface area (Å²) in [4.78, 5) is 22.2. The highest BCUT2D eigenvalue weighted by molar-refractivity contribution is 7.91. The first-order valence-electron chi connectivity index (χ1n) is 5.67. The Balaban J connectivity index is 2.68. The van der Waals surface area contributed by atoms with E-state index in [0.717, 1.165) is 13.2 Å². The molecule has 1 amide bonds. The van der Waals surface area contributed by atoms with Crippen LogP contribution in [0.5, 0.6) is 0 Å². The molecule has 116 valence electrons. The molecule has 0 saturated heterocycles. The van der Waals surface area contributed by atoms with Gasteiger partial charge in [-0.15, -0.1) is 0 Å². The van der Waals surface area contributed by atoms with E-state index in [1.54, 1.807) is 0 Å². The van der Waals surface area contributed by atoms with Crippen LogP contribution < -0.4 is 5.73 Å². The fourth-order valence-electron chi connectivity index (χ4n) is 1.66. The van der Waals surface area contributed by atoms with Crippen LogP contribution in [-0.2, 0) is 14.6 Å². The lowest BCUT2D eigenvalue weighted by Gasteiger charge is -2.08. The number of amides is 1. The van der Waals surface area contributed by atoms with Crippen molar-refractivity contribution in [1.29, 1.82) is 0 Å². The minimum absolute atomic E-state index is 0.202. The summed E-state index contributed by atoms with van der Waals surface area (Å²) < 4.78 is 34.2. The molecule has 1 heterocycles. The van der Waals surface area contributed by atoms with Crippen LogP contribution in [0.3, 0.4) is 0 Å². The Morgan fingerprint density at radius 2 is 2.05 bits per heavy atom. The Morgan fingerprint density at radius 1 is 1.36 bits per heavy atom. The summed E-state index contributed by atoms with van der Waals surface area (Å²) in [7, 11) is -3.22. The van der Waals surface area contributed by atoms with Gasteiger partial charge in [0, 0.05) is 6.07 Å². The highest BCUT2D eigenvalue weighted by Gasteiger charge is 2.31. The Labute approximate surface area is 129 Å². The maximum atomic E-state index is 12.6. The fraction of sp³-hybridized carbons (Fsp3) is 0.0833. The molecule has 2 N–H and O–H groups in total. The molecule has 8 nitrogen and oxygen atoms in total. The molecule has 0 spiro atoms. The number of methoxy groups -OCH3 is 1. The molecule has 2 rings (SSSR count). The van der Waals surface area contributed by atoms with Crippen molar-refractivity contribution in [2.24, 2.45) is 5.73 Å². The largest absolute Gasteiger partial charge is 0.465 e. The molecule has 0 saturated carbocycles. The van der Waals surface area contributed by atoms with Crippen molar-refractivity contribution in [1.82, 2.24) is 5.16 Å². The van der Waals surface area contributed by atoms with Gasteiger partial charge in [-0.2, -0.15) is 0 Å². The monoisotopic (exact) mass is 344 g/mol. The summed E-state index contributed by atoms with van der Waals surface area (Å²) >= 11 is 5.90. The Hall–Kier alpha value is -2.39. The second-order valence-corrected chi connectivity index (χ2v) is 6.25. The second-order valence-electron chi connectivity index (χ2n) is 4.01. The molecule has 0 aliphatic heterocycles. The predicted molar refractivity (Wildman–Crippen MR) is 73.3 cm³/mol. The molecular formula is C12H9ClN2O6S. The van der Waals surface area contributed by atoms with Gasteiger partial charge in [0.05, 0.1) is 17.7 Å². The summed E-state index contributed by atoms with van der Waals surface area (Å²) in [5.74, 6) is -2.31. The number of nitrogens with two attached hydrogens (primary N) is 1. The Bertz CT molecular complexity index is 858. The maximum absolute atomic E-state index is 12.6. The molecule has 0 aliphatic carbocycles. The minimum atomic E-state index is -4.31. The van der Waals surface area contributed by atoms with Gasteiger partial charge in [-0.25, -0.2) is 13.2 Å². The standard InChI is InChI=1S/C12H9ClN2O6S/c1-20-12(17)6-3-2-4-7(13)10(6)22(18,19)9-5-8(11(14)16)21-15-9/h2-5H,1H3,(H2,14,16). The van der Waals surface area contributed by atoms with Crippen molar-refractivity contribution in [3.63, 3.8) is 0 Å². The Morgan fingerprint density at radius 3 is 2.59 bits per heavy atom. The first-order valence-corrected chi connectivity index (χ1v) is 7.53. The average Bonchev–Trinajstić information content (AvgIpc) is 2.96. The van der Waals surface area contributed by atoms with E-state index in [1.807, 2.05) is 0 Å². The summed E-state index contributed by atoms with van der Waals surface area (Å²) in [6.07, 6.45) is 0. The molecule has 10 heteroatoms. The summed E-state index contributed by atoms with van der Waals surface area (Å²) in [5.41, 5.74) is 4.71. The lowest BCUT2D eigenvalue weighted by molar-refractivity contribution is 0.0596. The topological polar surface area (TPSA) is 130 Å². The number of ether oxygens (including phenoxy) is 1. The van der Waals surface area contributed by atoms with Crippen LogP contribution in [0.2, 0.25) is 5.02 Å². The van der Waals surface area contributed by atoms with Gasteiger partial charge in [-0.05, 0) is 12.1 Å². The van der Waals surface area contributed by atoms with Crippen molar-refractivity contribution < 1.29 is 27.3 Å². The Kier molecular flexibility index (Phi) is 4.20. The second kappa shape index (κ2) is 5.78. The third-order valence-electron chi connectivity index (χ3n) is 2.65. The van der Waals surface area contributed by atoms with Crippen LogP contribution in [0.25, 0.3) is 0 Å². The van der Waals surface area contributed by atoms with Crippen molar-refractivity contribution in [3.8, 4) is 0 Å². The number of carbonyl (C=O) groups excluding carboxylic acids is 2. The van der Waals surface area contributed by atoms with E-state index in [0.29, 0.717) is 0 Å². The quantitative estimate of drug-likeness (QED) is 0.820. The zero-order chi connectivity index (χ0) is 16.5. The lowest BCUT2D eigenvalue weighted by atomic mass is 10.2. The number of hydrogen-bond donors (Lipinski definition) is 1. The molecule has 0 bridgehead atoms. The third kappa shape index (κ3) is 2.68. The van der Waals surface area contributed by atoms with Gasteiger partial charge in [0.25, 0.3) is 5.91 Å². The molecule has 0 atom stereocenters. The van der Waals surface area contributed by atoms with E-state index in [4.69, 9.17) is 17.3 Å². The zero-order valence-electron chi connectivity index (χ0n) is 11.1. The van der Waals surface area contributed by atoms with E-state index in [-0.39, 0.29) is 10.6 Å². The summed E-state index contributed by atoms with van der Waals surface area (Å²) in [5, 5.41) is 2.48. The van der Waals surface area contributed by atoms with Crippen molar-refractivity contribution in [2.75, 3.05) is 7.11 Å². The van der Waals surface area contributed by atoms with Gasteiger partial charge in [0.15, 0.2) is 0 Å². The normalized spacial score (nSPS) is 11.2. The maximum Gasteiger partial charge on any atom is 0.339 e. The van der Waals surface area contributed by atoms with E-state index >= 15 is 0 Å². The number of nitrogens with zero attached hydrogens (tertiary/aromatic N) is 1. The number of sulfone groups is 1. The van der Waals surface area contributed by atoms with Crippen LogP contribution in [0.4, 0.5) is 0 Å². The van der Waals surface area contributed by atoms with Gasteiger partial charge in [-0.1, -0.05) is 22.8 Å². The van der Waals surface area contributed by atoms with E-state index in [2.05, 4.69) is 14.4 Å². The zero-order valence-corrected chi connectivity index (χ0v) is 12.6. The smallest absolute Gasteiger partial charge is 0.339 e. The highest BCUT2D eigenvalue weighted by Crippen LogP contribution is 2.31. The number of esters is 1. The molecule has 0 aliphatic rings. The molecule has 1 aromatic carbocycles. The van der Waals surface area contributed by atoms with E-state index < -0.39 is 37.4 Å². The number of carbonyl (C=O) groups is 2. The molecule has 0 fully saturated rings. The van der Waals surface area contributed by atoms with Gasteiger partial charge in [-0.3, -0.25) is 4.79 Å². The lowest BCUT2D eigenvalue weighted by Crippen LogP contribution is -2.12. The number of halogens is 1. The van der Waals surface area contributed by atoms with Gasteiger partial charge in [0.2, 0.25) is 20.6 Å². The number of primary amides is 1. The van der Waals surface area contributed by atoms with Gasteiger partial charge >= 0.3 is 5.97 Å². The van der Waals surface area contributed by atoms with Crippen molar-refractivity contribution >= 4 is 33.3 Å². The number of rotatable bonds is 4. The SMILES string of the molecule is COC(=O)c1cccc(Cl)c1S(=O)(=O)c1cc(C(N)=O)on1. The van der Waals surface area contributed by atoms with Gasteiger partial charge < -0.3 is 15.0 Å². The van der Waals surface area contributed by atoms with Gasteiger partial charge in [0.1, 0.15) is 4.90 Å². The van der Waals surface area contributed by atoms with Crippen LogP contribution in [0.15, 0.2) is 38.7 Å². The van der Waals surface area contributed by atoms with Crippen molar-refractivity contribution in [3.05, 3.63) is 40.6 Å². The van der Waals surface area contributed by atoms with Crippen molar-refractivity contribution in [2.45, 2.75) is 9.92 Å². The van der Waals surface area contributed by atoms with Crippen LogP contribution >= 0.6 is 11.6 Å². The predicted octanol–water partition coefficient (Wildman–Crippen LogP) is 1.05.